The lowest BCUT2D eigenvalue weighted by atomic mass is 10.0. The summed E-state index contributed by atoms with van der Waals surface area (Å²) in [6, 6.07) is 3.88. The van der Waals surface area contributed by atoms with Crippen LogP contribution in [0, 0.1) is 5.82 Å². The van der Waals surface area contributed by atoms with E-state index in [4.69, 9.17) is 23.2 Å². The van der Waals surface area contributed by atoms with E-state index in [2.05, 4.69) is 5.32 Å². The van der Waals surface area contributed by atoms with E-state index in [9.17, 15) is 9.18 Å². The summed E-state index contributed by atoms with van der Waals surface area (Å²) in [5.74, 6) is -0.653. The molecule has 1 aromatic rings. The number of nitrogens with one attached hydrogen (secondary N) is 1. The van der Waals surface area contributed by atoms with E-state index >= 15 is 0 Å². The molecule has 1 rings (SSSR count). The fourth-order valence-electron chi connectivity index (χ4n) is 1.34. The van der Waals surface area contributed by atoms with Crippen LogP contribution in [0.5, 0.6) is 0 Å². The third kappa shape index (κ3) is 4.17. The molecule has 5 heteroatoms. The van der Waals surface area contributed by atoms with Gasteiger partial charge < -0.3 is 5.32 Å². The van der Waals surface area contributed by atoms with Crippen molar-refractivity contribution in [3.8, 4) is 0 Å². The van der Waals surface area contributed by atoms with Crippen LogP contribution in [0.2, 0.25) is 5.02 Å². The normalized spacial score (nSPS) is 11.4. The van der Waals surface area contributed by atoms with E-state index in [0.29, 0.717) is 17.3 Å². The molecule has 1 N–H and O–H groups in total. The molecule has 94 valence electrons. The Bertz CT molecular complexity index is 421. The fraction of sp³-hybridized carbons (Fsp3) is 0.417. The number of hydrogen-bond acceptors (Lipinski definition) is 1. The van der Waals surface area contributed by atoms with E-state index < -0.39 is 17.3 Å². The molecule has 0 atom stereocenters. The third-order valence-corrected chi connectivity index (χ3v) is 2.77. The Kier molecular flexibility index (Phi) is 4.78. The molecular weight excluding hydrogens is 264 g/mol. The van der Waals surface area contributed by atoms with Gasteiger partial charge >= 0.3 is 0 Å². The Morgan fingerprint density at radius 2 is 2.12 bits per heavy atom. The average molecular weight is 278 g/mol. The molecule has 0 aromatic heterocycles. The molecule has 0 aliphatic heterocycles. The van der Waals surface area contributed by atoms with E-state index in [1.165, 1.54) is 18.2 Å². The van der Waals surface area contributed by atoms with Crippen LogP contribution >= 0.6 is 23.2 Å². The van der Waals surface area contributed by atoms with Crippen molar-refractivity contribution in [2.24, 2.45) is 0 Å². The smallest absolute Gasteiger partial charge is 0.254 e. The van der Waals surface area contributed by atoms with Crippen molar-refractivity contribution in [1.82, 2.24) is 5.32 Å². The predicted octanol–water partition coefficient (Wildman–Crippen LogP) is 3.62. The van der Waals surface area contributed by atoms with Gasteiger partial charge in [0.2, 0.25) is 0 Å². The van der Waals surface area contributed by atoms with Crippen molar-refractivity contribution in [2.75, 3.05) is 5.88 Å². The second kappa shape index (κ2) is 5.69. The van der Waals surface area contributed by atoms with Crippen molar-refractivity contribution in [3.05, 3.63) is 34.6 Å². The molecule has 0 radical (unpaired) electrons. The number of halogens is 3. The number of carbonyl (C=O) groups is 1. The summed E-state index contributed by atoms with van der Waals surface area (Å²) in [6.07, 6.45) is 0.600. The number of amides is 1. The van der Waals surface area contributed by atoms with Gasteiger partial charge in [-0.3, -0.25) is 4.79 Å². The van der Waals surface area contributed by atoms with Crippen LogP contribution in [-0.2, 0) is 0 Å². The van der Waals surface area contributed by atoms with Crippen molar-refractivity contribution in [3.63, 3.8) is 0 Å². The molecular formula is C12H14Cl2FNO. The highest BCUT2D eigenvalue weighted by Crippen LogP contribution is 2.17. The Morgan fingerprint density at radius 1 is 1.47 bits per heavy atom. The summed E-state index contributed by atoms with van der Waals surface area (Å²) < 4.78 is 13.4. The van der Waals surface area contributed by atoms with E-state index in [0.717, 1.165) is 0 Å². The maximum absolute atomic E-state index is 13.4. The summed E-state index contributed by atoms with van der Waals surface area (Å²) in [6.45, 7) is 3.66. The van der Waals surface area contributed by atoms with Crippen LogP contribution < -0.4 is 5.32 Å². The molecule has 0 saturated heterocycles. The van der Waals surface area contributed by atoms with Crippen LogP contribution in [0.4, 0.5) is 4.39 Å². The first kappa shape index (κ1) is 14.3. The summed E-state index contributed by atoms with van der Waals surface area (Å²) in [4.78, 5) is 11.9. The predicted molar refractivity (Wildman–Crippen MR) is 68.3 cm³/mol. The largest absolute Gasteiger partial charge is 0.347 e. The molecule has 0 fully saturated rings. The van der Waals surface area contributed by atoms with Crippen molar-refractivity contribution < 1.29 is 9.18 Å². The maximum atomic E-state index is 13.4. The number of benzene rings is 1. The maximum Gasteiger partial charge on any atom is 0.254 e. The average Bonchev–Trinajstić information content (AvgIpc) is 2.20. The first-order valence-electron chi connectivity index (χ1n) is 5.19. The van der Waals surface area contributed by atoms with Gasteiger partial charge in [-0.1, -0.05) is 11.6 Å². The number of rotatable bonds is 4. The minimum absolute atomic E-state index is 0.0554. The SMILES string of the molecule is CC(C)(CCCl)NC(=O)c1cc(Cl)ccc1F. The first-order valence-corrected chi connectivity index (χ1v) is 6.10. The minimum Gasteiger partial charge on any atom is -0.347 e. The van der Waals surface area contributed by atoms with Gasteiger partial charge in [0.05, 0.1) is 5.56 Å². The molecule has 0 unspecified atom stereocenters. The lowest BCUT2D eigenvalue weighted by Gasteiger charge is -2.25. The molecule has 0 bridgehead atoms. The molecule has 0 saturated carbocycles. The molecule has 1 aromatic carbocycles. The topological polar surface area (TPSA) is 29.1 Å². The molecule has 2 nitrogen and oxygen atoms in total. The summed E-state index contributed by atoms with van der Waals surface area (Å²) in [5.41, 5.74) is -0.534. The lowest BCUT2D eigenvalue weighted by Crippen LogP contribution is -2.44. The molecule has 0 aliphatic carbocycles. The summed E-state index contributed by atoms with van der Waals surface area (Å²) in [7, 11) is 0. The zero-order valence-corrected chi connectivity index (χ0v) is 11.2. The highest BCUT2D eigenvalue weighted by Gasteiger charge is 2.22. The number of alkyl halides is 1. The van der Waals surface area contributed by atoms with Crippen LogP contribution in [-0.4, -0.2) is 17.3 Å². The molecule has 0 aliphatic rings. The van der Waals surface area contributed by atoms with Gasteiger partial charge in [-0.25, -0.2) is 4.39 Å². The Labute approximate surface area is 110 Å². The molecule has 1 amide bonds. The van der Waals surface area contributed by atoms with Crippen LogP contribution in [0.15, 0.2) is 18.2 Å². The molecule has 17 heavy (non-hydrogen) atoms. The van der Waals surface area contributed by atoms with E-state index in [1.54, 1.807) is 0 Å². The molecule has 0 heterocycles. The van der Waals surface area contributed by atoms with Crippen LogP contribution in [0.3, 0.4) is 0 Å². The van der Waals surface area contributed by atoms with Gasteiger partial charge in [0.1, 0.15) is 5.82 Å². The first-order chi connectivity index (χ1) is 7.85. The standard InChI is InChI=1S/C12H14Cl2FNO/c1-12(2,5-6-13)16-11(17)9-7-8(14)3-4-10(9)15/h3-4,7H,5-6H2,1-2H3,(H,16,17). The lowest BCUT2D eigenvalue weighted by molar-refractivity contribution is 0.0907. The van der Waals surface area contributed by atoms with Gasteiger partial charge in [0.15, 0.2) is 0 Å². The van der Waals surface area contributed by atoms with Gasteiger partial charge in [-0.2, -0.15) is 0 Å². The zero-order valence-electron chi connectivity index (χ0n) is 9.69. The second-order valence-corrected chi connectivity index (χ2v) is 5.22. The van der Waals surface area contributed by atoms with Crippen LogP contribution in [0.1, 0.15) is 30.6 Å². The van der Waals surface area contributed by atoms with Crippen LogP contribution in [0.25, 0.3) is 0 Å². The second-order valence-electron chi connectivity index (χ2n) is 4.40. The molecule has 0 spiro atoms. The van der Waals surface area contributed by atoms with Crippen molar-refractivity contribution in [1.29, 1.82) is 0 Å². The van der Waals surface area contributed by atoms with Gasteiger partial charge in [0.25, 0.3) is 5.91 Å². The van der Waals surface area contributed by atoms with Gasteiger partial charge in [-0.15, -0.1) is 11.6 Å². The minimum atomic E-state index is -0.589. The Morgan fingerprint density at radius 3 is 2.71 bits per heavy atom. The summed E-state index contributed by atoms with van der Waals surface area (Å²) >= 11 is 11.4. The van der Waals surface area contributed by atoms with E-state index in [1.807, 2.05) is 13.8 Å². The van der Waals surface area contributed by atoms with Gasteiger partial charge in [0, 0.05) is 16.4 Å². The fourth-order valence-corrected chi connectivity index (χ4v) is 1.99. The Balaban J connectivity index is 2.86. The highest BCUT2D eigenvalue weighted by atomic mass is 35.5. The van der Waals surface area contributed by atoms with Crippen molar-refractivity contribution >= 4 is 29.1 Å². The van der Waals surface area contributed by atoms with Crippen molar-refractivity contribution in [2.45, 2.75) is 25.8 Å². The number of carbonyl (C=O) groups excluding carboxylic acids is 1. The monoisotopic (exact) mass is 277 g/mol. The number of hydrogen-bond donors (Lipinski definition) is 1. The quantitative estimate of drug-likeness (QED) is 0.837. The Hall–Kier alpha value is -0.800. The summed E-state index contributed by atoms with van der Waals surface area (Å²) in [5, 5.41) is 3.05. The zero-order chi connectivity index (χ0) is 13.1. The van der Waals surface area contributed by atoms with Gasteiger partial charge in [-0.05, 0) is 38.5 Å². The van der Waals surface area contributed by atoms with E-state index in [-0.39, 0.29) is 5.56 Å². The highest BCUT2D eigenvalue weighted by molar-refractivity contribution is 6.31. The third-order valence-electron chi connectivity index (χ3n) is 2.34.